The SMILES string of the molecule is Cc1ccc(Nc2nc(Nc3cccc(Cl)c3)nc(N3CCCC3)n2)cc1Cl. The van der Waals surface area contributed by atoms with Gasteiger partial charge < -0.3 is 15.5 Å². The zero-order valence-corrected chi connectivity index (χ0v) is 16.9. The molecule has 28 heavy (non-hydrogen) atoms. The molecule has 2 aromatic carbocycles. The third-order valence-corrected chi connectivity index (χ3v) is 5.16. The maximum Gasteiger partial charge on any atom is 0.233 e. The van der Waals surface area contributed by atoms with Crippen molar-refractivity contribution >= 4 is 52.4 Å². The molecule has 0 saturated carbocycles. The van der Waals surface area contributed by atoms with Crippen LogP contribution in [0.5, 0.6) is 0 Å². The Morgan fingerprint density at radius 3 is 2.18 bits per heavy atom. The topological polar surface area (TPSA) is 66.0 Å². The van der Waals surface area contributed by atoms with E-state index in [0.717, 1.165) is 42.9 Å². The van der Waals surface area contributed by atoms with Crippen molar-refractivity contribution in [3.63, 3.8) is 0 Å². The number of nitrogens with one attached hydrogen (secondary N) is 2. The van der Waals surface area contributed by atoms with Crippen LogP contribution in [-0.2, 0) is 0 Å². The van der Waals surface area contributed by atoms with E-state index >= 15 is 0 Å². The van der Waals surface area contributed by atoms with Crippen molar-refractivity contribution in [2.75, 3.05) is 28.6 Å². The van der Waals surface area contributed by atoms with E-state index in [2.05, 4.69) is 30.5 Å². The summed E-state index contributed by atoms with van der Waals surface area (Å²) in [7, 11) is 0. The van der Waals surface area contributed by atoms with Gasteiger partial charge in [-0.25, -0.2) is 0 Å². The number of rotatable bonds is 5. The molecule has 0 radical (unpaired) electrons. The van der Waals surface area contributed by atoms with Crippen molar-refractivity contribution in [3.05, 3.63) is 58.1 Å². The molecular weight excluding hydrogens is 395 g/mol. The van der Waals surface area contributed by atoms with E-state index in [1.54, 1.807) is 0 Å². The van der Waals surface area contributed by atoms with Gasteiger partial charge in [0.2, 0.25) is 17.8 Å². The molecule has 8 heteroatoms. The summed E-state index contributed by atoms with van der Waals surface area (Å²) in [5, 5.41) is 7.79. The lowest BCUT2D eigenvalue weighted by Gasteiger charge is -2.17. The highest BCUT2D eigenvalue weighted by Crippen LogP contribution is 2.25. The first-order valence-corrected chi connectivity index (χ1v) is 9.89. The van der Waals surface area contributed by atoms with Crippen LogP contribution in [0, 0.1) is 6.92 Å². The van der Waals surface area contributed by atoms with Crippen LogP contribution in [0.3, 0.4) is 0 Å². The zero-order valence-electron chi connectivity index (χ0n) is 15.4. The molecule has 1 aliphatic rings. The fourth-order valence-corrected chi connectivity index (χ4v) is 3.40. The van der Waals surface area contributed by atoms with E-state index in [-0.39, 0.29) is 0 Å². The Labute approximate surface area is 173 Å². The standard InChI is InChI=1S/C20H20Cl2N6/c1-13-7-8-16(12-17(13)22)24-19-25-18(23-15-6-4-5-14(21)11-15)26-20(27-19)28-9-2-3-10-28/h4-8,11-12H,2-3,9-10H2,1H3,(H2,23,24,25,26,27). The molecule has 0 unspecified atom stereocenters. The number of hydrogen-bond acceptors (Lipinski definition) is 6. The number of halogens is 2. The zero-order chi connectivity index (χ0) is 19.5. The second-order valence-corrected chi connectivity index (χ2v) is 7.54. The summed E-state index contributed by atoms with van der Waals surface area (Å²) in [5.74, 6) is 1.57. The highest BCUT2D eigenvalue weighted by atomic mass is 35.5. The smallest absolute Gasteiger partial charge is 0.233 e. The average molecular weight is 415 g/mol. The van der Waals surface area contributed by atoms with Crippen LogP contribution < -0.4 is 15.5 Å². The molecule has 1 saturated heterocycles. The molecule has 1 aliphatic heterocycles. The molecule has 4 rings (SSSR count). The number of anilines is 5. The molecule has 0 bridgehead atoms. The first-order valence-electron chi connectivity index (χ1n) is 9.14. The summed E-state index contributed by atoms with van der Waals surface area (Å²) in [6, 6.07) is 13.2. The summed E-state index contributed by atoms with van der Waals surface area (Å²) in [4.78, 5) is 15.9. The molecule has 0 atom stereocenters. The minimum atomic E-state index is 0.458. The van der Waals surface area contributed by atoms with Crippen molar-refractivity contribution in [1.82, 2.24) is 15.0 Å². The lowest BCUT2D eigenvalue weighted by Crippen LogP contribution is -2.21. The summed E-state index contributed by atoms with van der Waals surface area (Å²) in [6.45, 7) is 3.85. The summed E-state index contributed by atoms with van der Waals surface area (Å²) in [5.41, 5.74) is 2.65. The molecule has 2 N–H and O–H groups in total. The van der Waals surface area contributed by atoms with Gasteiger partial charge in [-0.15, -0.1) is 0 Å². The maximum absolute atomic E-state index is 6.24. The van der Waals surface area contributed by atoms with Gasteiger partial charge in [-0.3, -0.25) is 0 Å². The van der Waals surface area contributed by atoms with Gasteiger partial charge in [0.15, 0.2) is 0 Å². The Morgan fingerprint density at radius 2 is 1.54 bits per heavy atom. The first-order chi connectivity index (χ1) is 13.6. The van der Waals surface area contributed by atoms with Crippen LogP contribution in [-0.4, -0.2) is 28.0 Å². The molecular formula is C20H20Cl2N6. The van der Waals surface area contributed by atoms with Gasteiger partial charge in [0, 0.05) is 34.5 Å². The molecule has 0 aliphatic carbocycles. The Bertz CT molecular complexity index is 988. The summed E-state index contributed by atoms with van der Waals surface area (Å²) < 4.78 is 0. The molecule has 2 heterocycles. The van der Waals surface area contributed by atoms with Crippen LogP contribution in [0.1, 0.15) is 18.4 Å². The largest absolute Gasteiger partial charge is 0.341 e. The maximum atomic E-state index is 6.24. The molecule has 6 nitrogen and oxygen atoms in total. The quantitative estimate of drug-likeness (QED) is 0.568. The second-order valence-electron chi connectivity index (χ2n) is 6.70. The van der Waals surface area contributed by atoms with Crippen LogP contribution in [0.25, 0.3) is 0 Å². The number of aryl methyl sites for hydroxylation is 1. The van der Waals surface area contributed by atoms with E-state index < -0.39 is 0 Å². The van der Waals surface area contributed by atoms with E-state index in [1.165, 1.54) is 0 Å². The molecule has 1 aromatic heterocycles. The number of aromatic nitrogens is 3. The van der Waals surface area contributed by atoms with Crippen molar-refractivity contribution in [3.8, 4) is 0 Å². The minimum absolute atomic E-state index is 0.458. The predicted molar refractivity (Wildman–Crippen MR) is 115 cm³/mol. The minimum Gasteiger partial charge on any atom is -0.341 e. The predicted octanol–water partition coefficient (Wildman–Crippen LogP) is 5.57. The molecule has 0 amide bonds. The molecule has 0 spiro atoms. The van der Waals surface area contributed by atoms with Crippen molar-refractivity contribution in [2.45, 2.75) is 19.8 Å². The summed E-state index contributed by atoms with van der Waals surface area (Å²) >= 11 is 12.3. The molecule has 3 aromatic rings. The van der Waals surface area contributed by atoms with Crippen LogP contribution in [0.15, 0.2) is 42.5 Å². The van der Waals surface area contributed by atoms with Gasteiger partial charge in [0.25, 0.3) is 0 Å². The van der Waals surface area contributed by atoms with E-state index in [0.29, 0.717) is 27.9 Å². The lowest BCUT2D eigenvalue weighted by atomic mass is 10.2. The van der Waals surface area contributed by atoms with E-state index in [1.807, 2.05) is 49.4 Å². The van der Waals surface area contributed by atoms with Crippen LogP contribution >= 0.6 is 23.2 Å². The normalized spacial score (nSPS) is 13.6. The number of benzene rings is 2. The highest BCUT2D eigenvalue weighted by Gasteiger charge is 2.18. The highest BCUT2D eigenvalue weighted by molar-refractivity contribution is 6.31. The molecule has 144 valence electrons. The fraction of sp³-hybridized carbons (Fsp3) is 0.250. The Morgan fingerprint density at radius 1 is 0.857 bits per heavy atom. The van der Waals surface area contributed by atoms with Gasteiger partial charge in [-0.05, 0) is 55.7 Å². The van der Waals surface area contributed by atoms with Crippen molar-refractivity contribution < 1.29 is 0 Å². The Hall–Kier alpha value is -2.57. The number of hydrogen-bond donors (Lipinski definition) is 2. The summed E-state index contributed by atoms with van der Waals surface area (Å²) in [6.07, 6.45) is 2.28. The van der Waals surface area contributed by atoms with Gasteiger partial charge in [-0.2, -0.15) is 15.0 Å². The van der Waals surface area contributed by atoms with Crippen molar-refractivity contribution in [1.29, 1.82) is 0 Å². The van der Waals surface area contributed by atoms with Crippen molar-refractivity contribution in [2.24, 2.45) is 0 Å². The third kappa shape index (κ3) is 4.46. The Kier molecular flexibility index (Phi) is 5.50. The van der Waals surface area contributed by atoms with E-state index in [9.17, 15) is 0 Å². The second kappa shape index (κ2) is 8.20. The van der Waals surface area contributed by atoms with Crippen LogP contribution in [0.4, 0.5) is 29.2 Å². The Balaban J connectivity index is 1.66. The van der Waals surface area contributed by atoms with Gasteiger partial charge >= 0.3 is 0 Å². The fourth-order valence-electron chi connectivity index (χ4n) is 3.03. The average Bonchev–Trinajstić information content (AvgIpc) is 3.19. The molecule has 1 fully saturated rings. The lowest BCUT2D eigenvalue weighted by molar-refractivity contribution is 0.886. The number of nitrogens with zero attached hydrogens (tertiary/aromatic N) is 4. The van der Waals surface area contributed by atoms with E-state index in [4.69, 9.17) is 23.2 Å². The van der Waals surface area contributed by atoms with Crippen LogP contribution in [0.2, 0.25) is 10.0 Å². The third-order valence-electron chi connectivity index (χ3n) is 4.52. The van der Waals surface area contributed by atoms with Gasteiger partial charge in [-0.1, -0.05) is 35.3 Å². The first kappa shape index (κ1) is 18.8. The van der Waals surface area contributed by atoms with Gasteiger partial charge in [0.05, 0.1) is 0 Å². The van der Waals surface area contributed by atoms with Gasteiger partial charge in [0.1, 0.15) is 0 Å². The monoisotopic (exact) mass is 414 g/mol.